The molecule has 0 radical (unpaired) electrons. The molecule has 30 heavy (non-hydrogen) atoms. The van der Waals surface area contributed by atoms with E-state index in [1.54, 1.807) is 0 Å². The third-order valence-electron chi connectivity index (χ3n) is 5.27. The summed E-state index contributed by atoms with van der Waals surface area (Å²) in [5, 5.41) is 4.05. The van der Waals surface area contributed by atoms with Crippen molar-refractivity contribution >= 4 is 10.0 Å². The van der Waals surface area contributed by atoms with Crippen molar-refractivity contribution in [2.75, 3.05) is 13.1 Å². The van der Waals surface area contributed by atoms with Crippen LogP contribution in [0.3, 0.4) is 0 Å². The Kier molecular flexibility index (Phi) is 5.66. The summed E-state index contributed by atoms with van der Waals surface area (Å²) in [7, 11) is -3.99. The molecule has 0 spiro atoms. The monoisotopic (exact) mass is 433 g/mol. The Morgan fingerprint density at radius 2 is 1.90 bits per heavy atom. The van der Waals surface area contributed by atoms with Crippen LogP contribution in [0.1, 0.15) is 24.3 Å². The van der Waals surface area contributed by atoms with Gasteiger partial charge in [-0.05, 0) is 43.4 Å². The molecular weight excluding hydrogens is 412 g/mol. The second kappa shape index (κ2) is 8.23. The molecular formula is C21H21F2N3O3S. The lowest BCUT2D eigenvalue weighted by Crippen LogP contribution is -2.40. The molecule has 1 atom stereocenters. The zero-order valence-electron chi connectivity index (χ0n) is 16.4. The van der Waals surface area contributed by atoms with E-state index in [0.717, 1.165) is 29.7 Å². The van der Waals surface area contributed by atoms with Gasteiger partial charge in [0.25, 0.3) is 0 Å². The summed E-state index contributed by atoms with van der Waals surface area (Å²) < 4.78 is 59.4. The molecule has 1 aliphatic heterocycles. The Balaban J connectivity index is 1.49. The predicted octanol–water partition coefficient (Wildman–Crippen LogP) is 3.97. The Morgan fingerprint density at radius 3 is 2.63 bits per heavy atom. The van der Waals surface area contributed by atoms with Crippen molar-refractivity contribution in [3.8, 4) is 11.4 Å². The number of rotatable bonds is 5. The van der Waals surface area contributed by atoms with Gasteiger partial charge in [-0.3, -0.25) is 0 Å². The maximum Gasteiger partial charge on any atom is 0.243 e. The number of hydrogen-bond acceptors (Lipinski definition) is 5. The van der Waals surface area contributed by atoms with Crippen LogP contribution in [0.2, 0.25) is 0 Å². The summed E-state index contributed by atoms with van der Waals surface area (Å²) in [6, 6.07) is 10.0. The van der Waals surface area contributed by atoms with Gasteiger partial charge in [0.1, 0.15) is 11.6 Å². The lowest BCUT2D eigenvalue weighted by atomic mass is 9.96. The van der Waals surface area contributed by atoms with Crippen LogP contribution in [0.25, 0.3) is 11.4 Å². The number of sulfonamides is 1. The molecule has 0 N–H and O–H groups in total. The van der Waals surface area contributed by atoms with Gasteiger partial charge in [-0.2, -0.15) is 9.29 Å². The fourth-order valence-corrected chi connectivity index (χ4v) is 5.35. The minimum atomic E-state index is -3.99. The van der Waals surface area contributed by atoms with Gasteiger partial charge in [-0.1, -0.05) is 29.4 Å². The molecule has 2 aromatic carbocycles. The van der Waals surface area contributed by atoms with Gasteiger partial charge < -0.3 is 4.52 Å². The van der Waals surface area contributed by atoms with E-state index >= 15 is 0 Å². The van der Waals surface area contributed by atoms with E-state index in [1.807, 2.05) is 31.2 Å². The van der Waals surface area contributed by atoms with E-state index < -0.39 is 21.7 Å². The Morgan fingerprint density at radius 1 is 1.17 bits per heavy atom. The Bertz CT molecular complexity index is 1140. The van der Waals surface area contributed by atoms with Gasteiger partial charge >= 0.3 is 0 Å². The SMILES string of the molecule is Cc1ccccc1-c1noc(CC2CCCN(S(=O)(=O)c3cc(F)cc(F)c3)C2)n1. The minimum Gasteiger partial charge on any atom is -0.339 e. The maximum atomic E-state index is 13.5. The first kappa shape index (κ1) is 20.6. The average Bonchev–Trinajstić information content (AvgIpc) is 3.16. The summed E-state index contributed by atoms with van der Waals surface area (Å²) in [4.78, 5) is 4.08. The highest BCUT2D eigenvalue weighted by Gasteiger charge is 2.32. The zero-order valence-corrected chi connectivity index (χ0v) is 17.2. The highest BCUT2D eigenvalue weighted by molar-refractivity contribution is 7.89. The molecule has 1 fully saturated rings. The average molecular weight is 433 g/mol. The highest BCUT2D eigenvalue weighted by atomic mass is 32.2. The number of benzene rings is 2. The molecule has 3 aromatic rings. The zero-order chi connectivity index (χ0) is 21.3. The summed E-state index contributed by atoms with van der Waals surface area (Å²) in [6.45, 7) is 2.49. The van der Waals surface area contributed by atoms with E-state index in [0.29, 0.717) is 37.2 Å². The quantitative estimate of drug-likeness (QED) is 0.609. The van der Waals surface area contributed by atoms with Gasteiger partial charge in [-0.15, -0.1) is 0 Å². The van der Waals surface area contributed by atoms with Crippen LogP contribution in [0.15, 0.2) is 51.9 Å². The van der Waals surface area contributed by atoms with Crippen molar-refractivity contribution in [1.82, 2.24) is 14.4 Å². The third kappa shape index (κ3) is 4.27. The molecule has 1 unspecified atom stereocenters. The fourth-order valence-electron chi connectivity index (χ4n) is 3.76. The largest absolute Gasteiger partial charge is 0.339 e. The van der Waals surface area contributed by atoms with Crippen molar-refractivity contribution in [3.05, 3.63) is 65.6 Å². The van der Waals surface area contributed by atoms with Crippen molar-refractivity contribution in [2.45, 2.75) is 31.1 Å². The van der Waals surface area contributed by atoms with Crippen molar-refractivity contribution in [2.24, 2.45) is 5.92 Å². The lowest BCUT2D eigenvalue weighted by molar-refractivity contribution is 0.247. The van der Waals surface area contributed by atoms with E-state index in [4.69, 9.17) is 4.52 Å². The van der Waals surface area contributed by atoms with Crippen molar-refractivity contribution in [1.29, 1.82) is 0 Å². The standard InChI is InChI=1S/C21H21F2N3O3S/c1-14-5-2-3-7-19(14)21-24-20(29-25-21)9-15-6-4-8-26(13-15)30(27,28)18-11-16(22)10-17(23)12-18/h2-3,5,7,10-12,15H,4,6,8-9,13H2,1H3. The van der Waals surface area contributed by atoms with E-state index in [2.05, 4.69) is 10.1 Å². The summed E-state index contributed by atoms with van der Waals surface area (Å²) in [6.07, 6.45) is 1.87. The van der Waals surface area contributed by atoms with E-state index in [1.165, 1.54) is 4.31 Å². The van der Waals surface area contributed by atoms with E-state index in [-0.39, 0.29) is 17.4 Å². The summed E-state index contributed by atoms with van der Waals surface area (Å²) in [5.41, 5.74) is 1.91. The van der Waals surface area contributed by atoms with Crippen LogP contribution in [0.4, 0.5) is 8.78 Å². The van der Waals surface area contributed by atoms with Crippen LogP contribution in [0, 0.1) is 24.5 Å². The van der Waals surface area contributed by atoms with Gasteiger partial charge in [0.05, 0.1) is 4.90 Å². The Hall–Kier alpha value is -2.65. The van der Waals surface area contributed by atoms with Gasteiger partial charge in [0, 0.05) is 31.1 Å². The van der Waals surface area contributed by atoms with Crippen molar-refractivity contribution in [3.63, 3.8) is 0 Å². The molecule has 0 aliphatic carbocycles. The smallest absolute Gasteiger partial charge is 0.243 e. The lowest BCUT2D eigenvalue weighted by Gasteiger charge is -2.31. The molecule has 0 bridgehead atoms. The second-order valence-corrected chi connectivity index (χ2v) is 9.45. The van der Waals surface area contributed by atoms with Crippen LogP contribution in [-0.2, 0) is 16.4 Å². The molecule has 158 valence electrons. The number of halogens is 2. The maximum absolute atomic E-state index is 13.5. The summed E-state index contributed by atoms with van der Waals surface area (Å²) >= 11 is 0. The first-order valence-corrected chi connectivity index (χ1v) is 11.1. The Labute approximate surface area is 173 Å². The molecule has 2 heterocycles. The first-order valence-electron chi connectivity index (χ1n) is 9.68. The van der Waals surface area contributed by atoms with Gasteiger partial charge in [0.15, 0.2) is 0 Å². The molecule has 9 heteroatoms. The predicted molar refractivity (Wildman–Crippen MR) is 106 cm³/mol. The third-order valence-corrected chi connectivity index (χ3v) is 7.12. The molecule has 0 amide bonds. The highest BCUT2D eigenvalue weighted by Crippen LogP contribution is 2.27. The van der Waals surface area contributed by atoms with E-state index in [9.17, 15) is 17.2 Å². The van der Waals surface area contributed by atoms with Gasteiger partial charge in [-0.25, -0.2) is 17.2 Å². The van der Waals surface area contributed by atoms with Crippen LogP contribution in [-0.4, -0.2) is 36.0 Å². The fraction of sp³-hybridized carbons (Fsp3) is 0.333. The molecule has 6 nitrogen and oxygen atoms in total. The molecule has 1 aliphatic rings. The molecule has 1 saturated heterocycles. The number of aryl methyl sites for hydroxylation is 1. The van der Waals surface area contributed by atoms with Crippen LogP contribution < -0.4 is 0 Å². The number of aromatic nitrogens is 2. The first-order chi connectivity index (χ1) is 14.3. The molecule has 4 rings (SSSR count). The van der Waals surface area contributed by atoms with Crippen molar-refractivity contribution < 1.29 is 21.7 Å². The molecule has 1 aromatic heterocycles. The van der Waals surface area contributed by atoms with Gasteiger partial charge in [0.2, 0.25) is 21.7 Å². The van der Waals surface area contributed by atoms with Crippen LogP contribution >= 0.6 is 0 Å². The topological polar surface area (TPSA) is 76.3 Å². The second-order valence-electron chi connectivity index (χ2n) is 7.51. The number of hydrogen-bond donors (Lipinski definition) is 0. The normalized spacial score (nSPS) is 17.9. The minimum absolute atomic E-state index is 0.0305. The number of piperidine rings is 1. The van der Waals surface area contributed by atoms with Crippen LogP contribution in [0.5, 0.6) is 0 Å². The number of nitrogens with zero attached hydrogens (tertiary/aromatic N) is 3. The summed E-state index contributed by atoms with van der Waals surface area (Å²) in [5.74, 6) is -0.932. The molecule has 0 saturated carbocycles.